The van der Waals surface area contributed by atoms with Crippen molar-refractivity contribution in [3.63, 3.8) is 0 Å². The van der Waals surface area contributed by atoms with Gasteiger partial charge in [0.15, 0.2) is 0 Å². The number of hydrogen-bond acceptors (Lipinski definition) is 3. The van der Waals surface area contributed by atoms with E-state index >= 15 is 0 Å². The molecule has 2 amide bonds. The number of amides is 2. The molecule has 0 spiro atoms. The highest BCUT2D eigenvalue weighted by molar-refractivity contribution is 6.01. The molecule has 5 heteroatoms. The Labute approximate surface area is 153 Å². The Morgan fingerprint density at radius 1 is 1.04 bits per heavy atom. The molecule has 2 N–H and O–H groups in total. The van der Waals surface area contributed by atoms with Crippen LogP contribution in [0.15, 0.2) is 67.3 Å². The lowest BCUT2D eigenvalue weighted by Crippen LogP contribution is -2.49. The molecule has 0 aromatic heterocycles. The second kappa shape index (κ2) is 7.97. The summed E-state index contributed by atoms with van der Waals surface area (Å²) in [5.41, 5.74) is 1.68. The number of carbonyl (C=O) groups is 2. The fourth-order valence-electron chi connectivity index (χ4n) is 3.18. The van der Waals surface area contributed by atoms with Crippen LogP contribution >= 0.6 is 0 Å². The fraction of sp³-hybridized carbons (Fsp3) is 0.238. The molecule has 1 heterocycles. The molecule has 0 aliphatic carbocycles. The standard InChI is InChI=1S/C21H22N2O3/c1-2-19(24)22-18-10-6-7-16(15-18)20(25)23-21(11-13-26-14-12-21)17-8-4-3-5-9-17/h2-10,15H,1,11-14H2,(H,22,24)(H,23,25). The van der Waals surface area contributed by atoms with Gasteiger partial charge in [-0.1, -0.05) is 43.0 Å². The van der Waals surface area contributed by atoms with Crippen molar-refractivity contribution in [1.82, 2.24) is 5.32 Å². The van der Waals surface area contributed by atoms with Crippen LogP contribution in [0.25, 0.3) is 0 Å². The summed E-state index contributed by atoms with van der Waals surface area (Å²) in [6.45, 7) is 4.63. The molecule has 134 valence electrons. The number of anilines is 1. The third kappa shape index (κ3) is 4.00. The largest absolute Gasteiger partial charge is 0.381 e. The highest BCUT2D eigenvalue weighted by atomic mass is 16.5. The minimum atomic E-state index is -0.447. The van der Waals surface area contributed by atoms with E-state index in [4.69, 9.17) is 4.74 Å². The number of ether oxygens (including phenoxy) is 1. The maximum atomic E-state index is 12.9. The van der Waals surface area contributed by atoms with Gasteiger partial charge < -0.3 is 15.4 Å². The predicted molar refractivity (Wildman–Crippen MR) is 101 cm³/mol. The fourth-order valence-corrected chi connectivity index (χ4v) is 3.18. The lowest BCUT2D eigenvalue weighted by Gasteiger charge is -2.38. The Morgan fingerprint density at radius 2 is 1.77 bits per heavy atom. The van der Waals surface area contributed by atoms with Crippen LogP contribution in [0, 0.1) is 0 Å². The highest BCUT2D eigenvalue weighted by Gasteiger charge is 2.36. The van der Waals surface area contributed by atoms with Crippen LogP contribution in [0.2, 0.25) is 0 Å². The van der Waals surface area contributed by atoms with E-state index in [0.29, 0.717) is 24.5 Å². The van der Waals surface area contributed by atoms with Gasteiger partial charge in [0.05, 0.1) is 5.54 Å². The van der Waals surface area contributed by atoms with Crippen molar-refractivity contribution in [2.75, 3.05) is 18.5 Å². The first-order chi connectivity index (χ1) is 12.6. The molecule has 0 bridgehead atoms. The monoisotopic (exact) mass is 350 g/mol. The van der Waals surface area contributed by atoms with Crippen molar-refractivity contribution in [2.24, 2.45) is 0 Å². The molecule has 1 aliphatic rings. The van der Waals surface area contributed by atoms with Crippen molar-refractivity contribution in [3.8, 4) is 0 Å². The number of carbonyl (C=O) groups excluding carboxylic acids is 2. The van der Waals surface area contributed by atoms with E-state index in [9.17, 15) is 9.59 Å². The molecular weight excluding hydrogens is 328 g/mol. The summed E-state index contributed by atoms with van der Waals surface area (Å²) >= 11 is 0. The van der Waals surface area contributed by atoms with E-state index in [0.717, 1.165) is 18.4 Å². The van der Waals surface area contributed by atoms with E-state index in [2.05, 4.69) is 17.2 Å². The molecule has 0 atom stereocenters. The quantitative estimate of drug-likeness (QED) is 0.814. The summed E-state index contributed by atoms with van der Waals surface area (Å²) in [4.78, 5) is 24.4. The average molecular weight is 350 g/mol. The van der Waals surface area contributed by atoms with E-state index in [1.54, 1.807) is 24.3 Å². The molecule has 1 aliphatic heterocycles. The normalized spacial score (nSPS) is 15.7. The van der Waals surface area contributed by atoms with Gasteiger partial charge in [0.1, 0.15) is 0 Å². The van der Waals surface area contributed by atoms with Crippen LogP contribution in [0.1, 0.15) is 28.8 Å². The molecule has 0 radical (unpaired) electrons. The minimum Gasteiger partial charge on any atom is -0.381 e. The number of rotatable bonds is 5. The smallest absolute Gasteiger partial charge is 0.252 e. The summed E-state index contributed by atoms with van der Waals surface area (Å²) < 4.78 is 5.50. The van der Waals surface area contributed by atoms with Crippen LogP contribution in [0.4, 0.5) is 5.69 Å². The third-order valence-electron chi connectivity index (χ3n) is 4.60. The Kier molecular flexibility index (Phi) is 5.49. The first-order valence-electron chi connectivity index (χ1n) is 8.62. The molecule has 2 aromatic carbocycles. The van der Waals surface area contributed by atoms with Crippen LogP contribution in [0.5, 0.6) is 0 Å². The second-order valence-electron chi connectivity index (χ2n) is 6.29. The zero-order chi connectivity index (χ0) is 18.4. The minimum absolute atomic E-state index is 0.176. The molecule has 3 rings (SSSR count). The summed E-state index contributed by atoms with van der Waals surface area (Å²) in [6.07, 6.45) is 2.63. The average Bonchev–Trinajstić information content (AvgIpc) is 2.69. The Morgan fingerprint density at radius 3 is 2.46 bits per heavy atom. The van der Waals surface area contributed by atoms with Crippen molar-refractivity contribution in [2.45, 2.75) is 18.4 Å². The first-order valence-corrected chi connectivity index (χ1v) is 8.62. The maximum Gasteiger partial charge on any atom is 0.252 e. The topological polar surface area (TPSA) is 67.4 Å². The molecule has 0 saturated carbocycles. The molecule has 1 fully saturated rings. The van der Waals surface area contributed by atoms with Gasteiger partial charge >= 0.3 is 0 Å². The molecule has 0 unspecified atom stereocenters. The summed E-state index contributed by atoms with van der Waals surface area (Å²) in [7, 11) is 0. The van der Waals surface area contributed by atoms with Crippen LogP contribution in [0.3, 0.4) is 0 Å². The third-order valence-corrected chi connectivity index (χ3v) is 4.60. The predicted octanol–water partition coefficient (Wildman–Crippen LogP) is 3.25. The lowest BCUT2D eigenvalue weighted by atomic mass is 9.82. The van der Waals surface area contributed by atoms with Gasteiger partial charge in [-0.2, -0.15) is 0 Å². The van der Waals surface area contributed by atoms with Crippen molar-refractivity contribution in [1.29, 1.82) is 0 Å². The molecule has 2 aromatic rings. The molecular formula is C21H22N2O3. The van der Waals surface area contributed by atoms with Gasteiger partial charge in [-0.3, -0.25) is 9.59 Å². The Balaban J connectivity index is 1.83. The number of hydrogen-bond donors (Lipinski definition) is 2. The zero-order valence-corrected chi connectivity index (χ0v) is 14.5. The van der Waals surface area contributed by atoms with Gasteiger partial charge in [-0.25, -0.2) is 0 Å². The van der Waals surface area contributed by atoms with Gasteiger partial charge in [-0.15, -0.1) is 0 Å². The van der Waals surface area contributed by atoms with Crippen molar-refractivity contribution >= 4 is 17.5 Å². The zero-order valence-electron chi connectivity index (χ0n) is 14.5. The van der Waals surface area contributed by atoms with E-state index in [1.807, 2.05) is 30.3 Å². The maximum absolute atomic E-state index is 12.9. The Hall–Kier alpha value is -2.92. The van der Waals surface area contributed by atoms with E-state index in [-0.39, 0.29) is 11.8 Å². The van der Waals surface area contributed by atoms with Crippen LogP contribution in [-0.4, -0.2) is 25.0 Å². The van der Waals surface area contributed by atoms with E-state index in [1.165, 1.54) is 6.08 Å². The summed E-state index contributed by atoms with van der Waals surface area (Å²) in [5, 5.41) is 5.88. The highest BCUT2D eigenvalue weighted by Crippen LogP contribution is 2.32. The number of benzene rings is 2. The van der Waals surface area contributed by atoms with Crippen molar-refractivity contribution < 1.29 is 14.3 Å². The first kappa shape index (κ1) is 17.9. The molecule has 1 saturated heterocycles. The summed E-state index contributed by atoms with van der Waals surface area (Å²) in [6, 6.07) is 16.9. The van der Waals surface area contributed by atoms with Gasteiger partial charge in [0.25, 0.3) is 5.91 Å². The van der Waals surface area contributed by atoms with Crippen molar-refractivity contribution in [3.05, 3.63) is 78.4 Å². The van der Waals surface area contributed by atoms with Gasteiger partial charge in [-0.05, 0) is 42.7 Å². The van der Waals surface area contributed by atoms with Crippen LogP contribution < -0.4 is 10.6 Å². The van der Waals surface area contributed by atoms with E-state index < -0.39 is 5.54 Å². The lowest BCUT2D eigenvalue weighted by molar-refractivity contribution is -0.111. The van der Waals surface area contributed by atoms with Gasteiger partial charge in [0.2, 0.25) is 5.91 Å². The summed E-state index contributed by atoms with van der Waals surface area (Å²) in [5.74, 6) is -0.488. The molecule has 5 nitrogen and oxygen atoms in total. The molecule has 26 heavy (non-hydrogen) atoms. The van der Waals surface area contributed by atoms with Gasteiger partial charge in [0, 0.05) is 24.5 Å². The number of nitrogens with one attached hydrogen (secondary N) is 2. The Bertz CT molecular complexity index is 796. The van der Waals surface area contributed by atoms with Crippen LogP contribution in [-0.2, 0) is 15.1 Å². The second-order valence-corrected chi connectivity index (χ2v) is 6.29. The SMILES string of the molecule is C=CC(=O)Nc1cccc(C(=O)NC2(c3ccccc3)CCOCC2)c1.